The predicted molar refractivity (Wildman–Crippen MR) is 81.9 cm³/mol. The number of piperidine rings is 1. The van der Waals surface area contributed by atoms with Crippen molar-refractivity contribution in [1.82, 2.24) is 5.32 Å². The molecule has 3 N–H and O–H groups in total. The third-order valence-corrected chi connectivity index (χ3v) is 3.45. The van der Waals surface area contributed by atoms with Gasteiger partial charge in [0.05, 0.1) is 9.95 Å². The van der Waals surface area contributed by atoms with Gasteiger partial charge in [0.2, 0.25) is 0 Å². The minimum Gasteiger partial charge on any atom is -0.393 e. The summed E-state index contributed by atoms with van der Waals surface area (Å²) in [5.41, 5.74) is 6.68. The molecule has 0 spiro atoms. The molecule has 108 valence electrons. The summed E-state index contributed by atoms with van der Waals surface area (Å²) >= 11 is 6.10. The van der Waals surface area contributed by atoms with Gasteiger partial charge in [-0.1, -0.05) is 11.6 Å². The van der Waals surface area contributed by atoms with Crippen LogP contribution in [0, 0.1) is 10.1 Å². The van der Waals surface area contributed by atoms with Crippen molar-refractivity contribution in [2.24, 2.45) is 0 Å². The van der Waals surface area contributed by atoms with E-state index in [1.807, 2.05) is 0 Å². The van der Waals surface area contributed by atoms with Crippen LogP contribution in [0.5, 0.6) is 0 Å². The van der Waals surface area contributed by atoms with Gasteiger partial charge >= 0.3 is 0 Å². The Labute approximate surface area is 128 Å². The van der Waals surface area contributed by atoms with Gasteiger partial charge in [-0.2, -0.15) is 0 Å². The average Bonchev–Trinajstić information content (AvgIpc) is 2.32. The number of nitro groups is 1. The van der Waals surface area contributed by atoms with Gasteiger partial charge in [0.25, 0.3) is 5.69 Å². The number of hydrogen-bond acceptors (Lipinski definition) is 4. The average molecular weight is 329 g/mol. The molecule has 0 radical (unpaired) electrons. The van der Waals surface area contributed by atoms with Crippen molar-refractivity contribution in [3.8, 4) is 0 Å². The van der Waals surface area contributed by atoms with E-state index in [-0.39, 0.29) is 36.2 Å². The Morgan fingerprint density at radius 3 is 2.42 bits per heavy atom. The Kier molecular flexibility index (Phi) is 7.44. The van der Waals surface area contributed by atoms with Gasteiger partial charge in [-0.3, -0.25) is 10.1 Å². The number of rotatable bonds is 2. The zero-order valence-electron chi connectivity index (χ0n) is 10.1. The van der Waals surface area contributed by atoms with E-state index in [1.54, 1.807) is 6.07 Å². The third-order valence-electron chi connectivity index (χ3n) is 3.12. The topological polar surface area (TPSA) is 81.2 Å². The fourth-order valence-electron chi connectivity index (χ4n) is 2.20. The third kappa shape index (κ3) is 4.11. The summed E-state index contributed by atoms with van der Waals surface area (Å²) in [6.45, 7) is 1.88. The maximum Gasteiger partial charge on any atom is 0.293 e. The zero-order valence-corrected chi connectivity index (χ0v) is 12.5. The van der Waals surface area contributed by atoms with Crippen LogP contribution in [0.1, 0.15) is 24.3 Å². The first kappa shape index (κ1) is 18.2. The standard InChI is InChI=1S/C11H14ClN3O2.2ClH/c12-9-6-11(15(16)17)10(13)5-8(9)7-1-3-14-4-2-7;;/h5-7,14H,1-4,13H2;2*1H. The van der Waals surface area contributed by atoms with E-state index in [9.17, 15) is 10.1 Å². The van der Waals surface area contributed by atoms with Crippen LogP contribution in [0.4, 0.5) is 11.4 Å². The highest BCUT2D eigenvalue weighted by Gasteiger charge is 2.22. The molecule has 1 heterocycles. The summed E-state index contributed by atoms with van der Waals surface area (Å²) < 4.78 is 0. The van der Waals surface area contributed by atoms with E-state index in [1.165, 1.54) is 6.07 Å². The van der Waals surface area contributed by atoms with Gasteiger partial charge in [-0.05, 0) is 43.5 Å². The lowest BCUT2D eigenvalue weighted by molar-refractivity contribution is -0.383. The summed E-state index contributed by atoms with van der Waals surface area (Å²) in [4.78, 5) is 10.2. The largest absolute Gasteiger partial charge is 0.393 e. The Morgan fingerprint density at radius 1 is 1.32 bits per heavy atom. The highest BCUT2D eigenvalue weighted by Crippen LogP contribution is 2.36. The van der Waals surface area contributed by atoms with E-state index in [0.29, 0.717) is 10.9 Å². The number of anilines is 1. The van der Waals surface area contributed by atoms with Gasteiger partial charge < -0.3 is 11.1 Å². The van der Waals surface area contributed by atoms with Crippen LogP contribution in [0.3, 0.4) is 0 Å². The molecular formula is C11H16Cl3N3O2. The lowest BCUT2D eigenvalue weighted by Crippen LogP contribution is -2.26. The minimum absolute atomic E-state index is 0. The molecular weight excluding hydrogens is 312 g/mol. The van der Waals surface area contributed by atoms with Crippen molar-refractivity contribution >= 4 is 47.8 Å². The molecule has 1 aromatic rings. The lowest BCUT2D eigenvalue weighted by atomic mass is 9.89. The molecule has 0 aromatic heterocycles. The summed E-state index contributed by atoms with van der Waals surface area (Å²) in [6, 6.07) is 3.00. The molecule has 0 amide bonds. The van der Waals surface area contributed by atoms with Crippen molar-refractivity contribution in [3.63, 3.8) is 0 Å². The van der Waals surface area contributed by atoms with E-state index in [2.05, 4.69) is 5.32 Å². The van der Waals surface area contributed by atoms with Crippen molar-refractivity contribution in [1.29, 1.82) is 0 Å². The van der Waals surface area contributed by atoms with Gasteiger partial charge in [0.1, 0.15) is 5.69 Å². The molecule has 0 atom stereocenters. The Hall–Kier alpha value is -0.750. The molecule has 0 aliphatic carbocycles. The second-order valence-corrected chi connectivity index (χ2v) is 4.62. The fourth-order valence-corrected chi connectivity index (χ4v) is 2.51. The molecule has 1 fully saturated rings. The summed E-state index contributed by atoms with van der Waals surface area (Å²) in [7, 11) is 0. The van der Waals surface area contributed by atoms with E-state index in [0.717, 1.165) is 31.5 Å². The molecule has 1 aliphatic rings. The summed E-state index contributed by atoms with van der Waals surface area (Å²) in [5, 5.41) is 14.4. The van der Waals surface area contributed by atoms with Crippen LogP contribution < -0.4 is 11.1 Å². The van der Waals surface area contributed by atoms with Gasteiger partial charge in [0, 0.05) is 6.07 Å². The normalized spacial score (nSPS) is 15.2. The monoisotopic (exact) mass is 327 g/mol. The van der Waals surface area contributed by atoms with Crippen LogP contribution in [0.15, 0.2) is 12.1 Å². The number of benzene rings is 1. The molecule has 0 bridgehead atoms. The maximum atomic E-state index is 10.7. The Balaban J connectivity index is 0.00000162. The molecule has 0 unspecified atom stereocenters. The van der Waals surface area contributed by atoms with Gasteiger partial charge in [-0.15, -0.1) is 24.8 Å². The minimum atomic E-state index is -0.507. The van der Waals surface area contributed by atoms with Crippen LogP contribution in [0.25, 0.3) is 0 Å². The second-order valence-electron chi connectivity index (χ2n) is 4.21. The molecule has 1 aliphatic heterocycles. The van der Waals surface area contributed by atoms with Crippen molar-refractivity contribution in [2.75, 3.05) is 18.8 Å². The first-order valence-corrected chi connectivity index (χ1v) is 5.91. The first-order chi connectivity index (χ1) is 8.09. The quantitative estimate of drug-likeness (QED) is 0.496. The highest BCUT2D eigenvalue weighted by atomic mass is 35.5. The Bertz CT molecular complexity index is 451. The number of halogens is 3. The number of nitrogens with zero attached hydrogens (tertiary/aromatic N) is 1. The molecule has 19 heavy (non-hydrogen) atoms. The molecule has 5 nitrogen and oxygen atoms in total. The Morgan fingerprint density at radius 2 is 1.89 bits per heavy atom. The molecule has 1 saturated heterocycles. The molecule has 0 saturated carbocycles. The van der Waals surface area contributed by atoms with Crippen LogP contribution >= 0.6 is 36.4 Å². The number of nitrogens with two attached hydrogens (primary N) is 1. The van der Waals surface area contributed by atoms with Crippen LogP contribution in [-0.2, 0) is 0 Å². The number of nitrogens with one attached hydrogen (secondary N) is 1. The maximum absolute atomic E-state index is 10.7. The van der Waals surface area contributed by atoms with Crippen molar-refractivity contribution in [3.05, 3.63) is 32.8 Å². The van der Waals surface area contributed by atoms with E-state index in [4.69, 9.17) is 17.3 Å². The second kappa shape index (κ2) is 7.75. The van der Waals surface area contributed by atoms with Gasteiger partial charge in [0.15, 0.2) is 0 Å². The highest BCUT2D eigenvalue weighted by molar-refractivity contribution is 6.31. The lowest BCUT2D eigenvalue weighted by Gasteiger charge is -2.24. The number of hydrogen-bond donors (Lipinski definition) is 2. The molecule has 1 aromatic carbocycles. The van der Waals surface area contributed by atoms with E-state index >= 15 is 0 Å². The van der Waals surface area contributed by atoms with Gasteiger partial charge in [-0.25, -0.2) is 0 Å². The zero-order chi connectivity index (χ0) is 12.4. The van der Waals surface area contributed by atoms with Crippen molar-refractivity contribution < 1.29 is 4.92 Å². The summed E-state index contributed by atoms with van der Waals surface area (Å²) in [5.74, 6) is 0.340. The number of nitro benzene ring substituents is 1. The van der Waals surface area contributed by atoms with Crippen LogP contribution in [0.2, 0.25) is 5.02 Å². The molecule has 8 heteroatoms. The predicted octanol–water partition coefficient (Wildman–Crippen LogP) is 3.14. The fraction of sp³-hybridized carbons (Fsp3) is 0.455. The molecule has 2 rings (SSSR count). The number of nitrogen functional groups attached to an aromatic ring is 1. The summed E-state index contributed by atoms with van der Waals surface area (Å²) in [6.07, 6.45) is 1.97. The van der Waals surface area contributed by atoms with E-state index < -0.39 is 4.92 Å². The first-order valence-electron chi connectivity index (χ1n) is 5.53. The van der Waals surface area contributed by atoms with Crippen LogP contribution in [-0.4, -0.2) is 18.0 Å². The van der Waals surface area contributed by atoms with Crippen molar-refractivity contribution in [2.45, 2.75) is 18.8 Å². The SMILES string of the molecule is Cl.Cl.Nc1cc(C2CCNCC2)c(Cl)cc1[N+](=O)[O-]. The smallest absolute Gasteiger partial charge is 0.293 e.